The van der Waals surface area contributed by atoms with Crippen LogP contribution in [0.1, 0.15) is 24.8 Å². The summed E-state index contributed by atoms with van der Waals surface area (Å²) in [5.74, 6) is 0.589. The molecule has 0 saturated carbocycles. The van der Waals surface area contributed by atoms with Gasteiger partial charge in [-0.25, -0.2) is 0 Å². The molecule has 0 bridgehead atoms. The molecule has 0 fully saturated rings. The van der Waals surface area contributed by atoms with Gasteiger partial charge in [-0.1, -0.05) is 30.3 Å². The first kappa shape index (κ1) is 7.53. The van der Waals surface area contributed by atoms with Crippen LogP contribution in [0.25, 0.3) is 0 Å². The van der Waals surface area contributed by atoms with Gasteiger partial charge >= 0.3 is 0 Å². The number of benzene rings is 1. The van der Waals surface area contributed by atoms with Gasteiger partial charge in [0.2, 0.25) is 0 Å². The zero-order valence-electron chi connectivity index (χ0n) is 7.33. The summed E-state index contributed by atoms with van der Waals surface area (Å²) in [4.78, 5) is 4.41. The third-order valence-corrected chi connectivity index (χ3v) is 2.49. The minimum atomic E-state index is 0.589. The van der Waals surface area contributed by atoms with Crippen LogP contribution in [0.2, 0.25) is 0 Å². The van der Waals surface area contributed by atoms with Gasteiger partial charge in [0.05, 0.1) is 0 Å². The lowest BCUT2D eigenvalue weighted by atomic mass is 9.94. The molecule has 1 aliphatic heterocycles. The minimum Gasteiger partial charge on any atom is -0.294 e. The average molecular weight is 159 g/mol. The summed E-state index contributed by atoms with van der Waals surface area (Å²) < 4.78 is 0. The summed E-state index contributed by atoms with van der Waals surface area (Å²) in [5.41, 5.74) is 2.71. The van der Waals surface area contributed by atoms with Crippen molar-refractivity contribution in [1.29, 1.82) is 0 Å². The fourth-order valence-corrected chi connectivity index (χ4v) is 1.78. The Morgan fingerprint density at radius 2 is 2.00 bits per heavy atom. The van der Waals surface area contributed by atoms with E-state index in [4.69, 9.17) is 0 Å². The van der Waals surface area contributed by atoms with Gasteiger partial charge in [-0.3, -0.25) is 4.99 Å². The highest BCUT2D eigenvalue weighted by Gasteiger charge is 2.18. The first-order valence-electron chi connectivity index (χ1n) is 4.44. The number of hydrogen-bond acceptors (Lipinski definition) is 1. The molecule has 62 valence electrons. The molecular weight excluding hydrogens is 146 g/mol. The van der Waals surface area contributed by atoms with Crippen LogP contribution in [-0.2, 0) is 0 Å². The van der Waals surface area contributed by atoms with E-state index in [0.717, 1.165) is 6.54 Å². The number of hydrogen-bond donors (Lipinski definition) is 0. The lowest BCUT2D eigenvalue weighted by molar-refractivity contribution is 0.841. The normalized spacial score (nSPS) is 22.4. The molecule has 1 aromatic carbocycles. The topological polar surface area (TPSA) is 12.4 Å². The van der Waals surface area contributed by atoms with Crippen molar-refractivity contribution in [2.75, 3.05) is 6.54 Å². The van der Waals surface area contributed by atoms with Gasteiger partial charge < -0.3 is 0 Å². The first-order valence-corrected chi connectivity index (χ1v) is 4.44. The van der Waals surface area contributed by atoms with Crippen molar-refractivity contribution in [3.8, 4) is 0 Å². The van der Waals surface area contributed by atoms with E-state index in [-0.39, 0.29) is 0 Å². The maximum atomic E-state index is 4.41. The van der Waals surface area contributed by atoms with E-state index < -0.39 is 0 Å². The van der Waals surface area contributed by atoms with Crippen molar-refractivity contribution in [1.82, 2.24) is 0 Å². The lowest BCUT2D eigenvalue weighted by Gasteiger charge is -2.09. The van der Waals surface area contributed by atoms with Gasteiger partial charge in [0.25, 0.3) is 0 Å². The molecule has 1 aromatic rings. The summed E-state index contributed by atoms with van der Waals surface area (Å²) in [6, 6.07) is 10.6. The smallest absolute Gasteiger partial charge is 0.0398 e. The van der Waals surface area contributed by atoms with Gasteiger partial charge in [0, 0.05) is 18.2 Å². The number of rotatable bonds is 1. The molecule has 1 nitrogen and oxygen atoms in total. The van der Waals surface area contributed by atoms with Crippen molar-refractivity contribution in [3.05, 3.63) is 35.9 Å². The Kier molecular flexibility index (Phi) is 1.94. The van der Waals surface area contributed by atoms with Crippen LogP contribution in [0.3, 0.4) is 0 Å². The maximum Gasteiger partial charge on any atom is 0.0398 e. The van der Waals surface area contributed by atoms with E-state index in [1.54, 1.807) is 0 Å². The van der Waals surface area contributed by atoms with Crippen LogP contribution < -0.4 is 0 Å². The monoisotopic (exact) mass is 159 g/mol. The highest BCUT2D eigenvalue weighted by molar-refractivity contribution is 5.90. The third-order valence-electron chi connectivity index (χ3n) is 2.49. The summed E-state index contributed by atoms with van der Waals surface area (Å²) in [6.07, 6.45) is 1.19. The Balaban J connectivity index is 2.27. The standard InChI is InChI=1S/C11H13N/c1-9-11(7-8-12-9)10-5-3-2-4-6-10/h2-6,11H,7-8H2,1H3/t11-/m1/s1. The molecule has 0 radical (unpaired) electrons. The van der Waals surface area contributed by atoms with Crippen LogP contribution in [-0.4, -0.2) is 12.3 Å². The number of nitrogens with zero attached hydrogens (tertiary/aromatic N) is 1. The Hall–Kier alpha value is -1.11. The Morgan fingerprint density at radius 1 is 1.25 bits per heavy atom. The van der Waals surface area contributed by atoms with Crippen molar-refractivity contribution in [3.63, 3.8) is 0 Å². The van der Waals surface area contributed by atoms with E-state index in [1.807, 2.05) is 0 Å². The minimum absolute atomic E-state index is 0.589. The second kappa shape index (κ2) is 3.10. The van der Waals surface area contributed by atoms with Crippen LogP contribution in [0.5, 0.6) is 0 Å². The summed E-state index contributed by atoms with van der Waals surface area (Å²) in [7, 11) is 0. The second-order valence-electron chi connectivity index (χ2n) is 3.28. The molecule has 0 saturated heterocycles. The van der Waals surface area contributed by atoms with Crippen LogP contribution >= 0.6 is 0 Å². The van der Waals surface area contributed by atoms with Crippen molar-refractivity contribution in [2.45, 2.75) is 19.3 Å². The Morgan fingerprint density at radius 3 is 2.58 bits per heavy atom. The first-order chi connectivity index (χ1) is 5.88. The largest absolute Gasteiger partial charge is 0.294 e. The van der Waals surface area contributed by atoms with E-state index in [1.165, 1.54) is 17.7 Å². The molecule has 0 unspecified atom stereocenters. The molecule has 0 spiro atoms. The molecular formula is C11H13N. The lowest BCUT2D eigenvalue weighted by Crippen LogP contribution is -2.03. The molecule has 1 aliphatic rings. The van der Waals surface area contributed by atoms with E-state index in [9.17, 15) is 0 Å². The molecule has 12 heavy (non-hydrogen) atoms. The maximum absolute atomic E-state index is 4.41. The van der Waals surface area contributed by atoms with Gasteiger partial charge in [-0.2, -0.15) is 0 Å². The van der Waals surface area contributed by atoms with Gasteiger partial charge in [0.1, 0.15) is 0 Å². The zero-order chi connectivity index (χ0) is 8.39. The number of aliphatic imine (C=N–C) groups is 1. The van der Waals surface area contributed by atoms with E-state index in [2.05, 4.69) is 42.2 Å². The Bertz CT molecular complexity index is 287. The fraction of sp³-hybridized carbons (Fsp3) is 0.364. The molecule has 2 rings (SSSR count). The van der Waals surface area contributed by atoms with E-state index >= 15 is 0 Å². The predicted octanol–water partition coefficient (Wildman–Crippen LogP) is 2.63. The summed E-state index contributed by atoms with van der Waals surface area (Å²) in [6.45, 7) is 3.13. The molecule has 1 atom stereocenters. The highest BCUT2D eigenvalue weighted by atomic mass is 14.8. The third kappa shape index (κ3) is 1.27. The van der Waals surface area contributed by atoms with Crippen molar-refractivity contribution >= 4 is 5.71 Å². The predicted molar refractivity (Wildman–Crippen MR) is 51.8 cm³/mol. The quantitative estimate of drug-likeness (QED) is 0.597. The molecule has 1 heterocycles. The molecule has 0 N–H and O–H groups in total. The SMILES string of the molecule is CC1=NCC[C@H]1c1ccccc1. The van der Waals surface area contributed by atoms with Gasteiger partial charge in [-0.05, 0) is 18.9 Å². The van der Waals surface area contributed by atoms with E-state index in [0.29, 0.717) is 5.92 Å². The summed E-state index contributed by atoms with van der Waals surface area (Å²) >= 11 is 0. The van der Waals surface area contributed by atoms with Crippen molar-refractivity contribution < 1.29 is 0 Å². The van der Waals surface area contributed by atoms with Crippen LogP contribution in [0.15, 0.2) is 35.3 Å². The van der Waals surface area contributed by atoms with Crippen molar-refractivity contribution in [2.24, 2.45) is 4.99 Å². The van der Waals surface area contributed by atoms with Gasteiger partial charge in [-0.15, -0.1) is 0 Å². The van der Waals surface area contributed by atoms with Crippen LogP contribution in [0.4, 0.5) is 0 Å². The molecule has 0 aliphatic carbocycles. The average Bonchev–Trinajstić information content (AvgIpc) is 2.53. The van der Waals surface area contributed by atoms with Gasteiger partial charge in [0.15, 0.2) is 0 Å². The molecule has 0 amide bonds. The highest BCUT2D eigenvalue weighted by Crippen LogP contribution is 2.25. The fourth-order valence-electron chi connectivity index (χ4n) is 1.78. The Labute approximate surface area is 73.1 Å². The molecule has 1 heteroatoms. The second-order valence-corrected chi connectivity index (χ2v) is 3.28. The molecule has 0 aromatic heterocycles. The van der Waals surface area contributed by atoms with Crippen LogP contribution in [0, 0.1) is 0 Å². The zero-order valence-corrected chi connectivity index (χ0v) is 7.33. The summed E-state index contributed by atoms with van der Waals surface area (Å²) in [5, 5.41) is 0.